The van der Waals surface area contributed by atoms with E-state index in [1.807, 2.05) is 27.7 Å². The van der Waals surface area contributed by atoms with Gasteiger partial charge in [-0.25, -0.2) is 0 Å². The van der Waals surface area contributed by atoms with Crippen LogP contribution in [-0.4, -0.2) is 76.7 Å². The standard InChI is InChI=1S/C9H23NO3Si.C8H22N2O2Si/c1-5-9(10)14(11-6-2,12-7-3)13-8-4;1-11-13(3,12-2)8-4-6-10-7-5-9/h9H,5-8,10H2,1-4H3;10H,4-9H2,1-3H3. The molecule has 0 radical (unpaired) electrons. The van der Waals surface area contributed by atoms with Crippen LogP contribution in [0.4, 0.5) is 0 Å². The fourth-order valence-electron chi connectivity index (χ4n) is 2.35. The Morgan fingerprint density at radius 2 is 1.37 bits per heavy atom. The highest BCUT2D eigenvalue weighted by Crippen LogP contribution is 2.15. The maximum absolute atomic E-state index is 6.00. The highest BCUT2D eigenvalue weighted by molar-refractivity contribution is 6.65. The summed E-state index contributed by atoms with van der Waals surface area (Å²) in [6.45, 7) is 14.2. The van der Waals surface area contributed by atoms with Crippen LogP contribution < -0.4 is 16.8 Å². The molecule has 0 fully saturated rings. The fourth-order valence-corrected chi connectivity index (χ4v) is 6.34. The first-order chi connectivity index (χ1) is 12.8. The minimum absolute atomic E-state index is 0.123. The summed E-state index contributed by atoms with van der Waals surface area (Å²) >= 11 is 0. The zero-order chi connectivity index (χ0) is 21.2. The number of hydrogen-bond acceptors (Lipinski definition) is 8. The molecular weight excluding hydrogens is 382 g/mol. The molecule has 0 saturated carbocycles. The molecule has 0 aliphatic carbocycles. The van der Waals surface area contributed by atoms with Gasteiger partial charge in [0, 0.05) is 47.1 Å². The summed E-state index contributed by atoms with van der Waals surface area (Å²) < 4.78 is 27.6. The quantitative estimate of drug-likeness (QED) is 0.252. The molecule has 0 aromatic heterocycles. The fraction of sp³-hybridized carbons (Fsp3) is 1.00. The van der Waals surface area contributed by atoms with Gasteiger partial charge in [-0.1, -0.05) is 6.92 Å². The van der Waals surface area contributed by atoms with Crippen molar-refractivity contribution < 1.29 is 22.1 Å². The molecule has 0 aromatic rings. The summed E-state index contributed by atoms with van der Waals surface area (Å²) in [4.78, 5) is 0. The second kappa shape index (κ2) is 18.2. The Labute approximate surface area is 169 Å². The van der Waals surface area contributed by atoms with Crippen molar-refractivity contribution in [3.8, 4) is 0 Å². The van der Waals surface area contributed by atoms with Gasteiger partial charge in [0.2, 0.25) is 0 Å². The van der Waals surface area contributed by atoms with Crippen LogP contribution in [0.3, 0.4) is 0 Å². The molecule has 1 unspecified atom stereocenters. The zero-order valence-electron chi connectivity index (χ0n) is 18.6. The molecule has 0 aliphatic heterocycles. The largest absolute Gasteiger partial charge is 0.518 e. The molecule has 0 amide bonds. The van der Waals surface area contributed by atoms with E-state index in [0.717, 1.165) is 32.0 Å². The summed E-state index contributed by atoms with van der Waals surface area (Å²) in [5, 5.41) is 3.24. The van der Waals surface area contributed by atoms with E-state index in [-0.39, 0.29) is 5.67 Å². The minimum atomic E-state index is -2.62. The van der Waals surface area contributed by atoms with Crippen LogP contribution in [0, 0.1) is 0 Å². The normalized spacial score (nSPS) is 13.2. The van der Waals surface area contributed by atoms with E-state index in [1.54, 1.807) is 14.2 Å². The molecule has 0 aromatic carbocycles. The van der Waals surface area contributed by atoms with Crippen LogP contribution in [-0.2, 0) is 22.1 Å². The molecule has 8 nitrogen and oxygen atoms in total. The van der Waals surface area contributed by atoms with Crippen LogP contribution in [0.2, 0.25) is 12.6 Å². The van der Waals surface area contributed by atoms with Gasteiger partial charge in [0.1, 0.15) is 0 Å². The maximum atomic E-state index is 6.00. The average Bonchev–Trinajstić information content (AvgIpc) is 2.68. The van der Waals surface area contributed by atoms with E-state index < -0.39 is 17.4 Å². The van der Waals surface area contributed by atoms with Crippen LogP contribution in [0.25, 0.3) is 0 Å². The lowest BCUT2D eigenvalue weighted by atomic mass is 10.5. The molecule has 166 valence electrons. The van der Waals surface area contributed by atoms with Crippen molar-refractivity contribution in [3.05, 3.63) is 0 Å². The Balaban J connectivity index is 0. The third-order valence-electron chi connectivity index (χ3n) is 4.10. The van der Waals surface area contributed by atoms with Gasteiger partial charge in [0.15, 0.2) is 0 Å². The molecule has 0 aliphatic rings. The lowest BCUT2D eigenvalue weighted by Gasteiger charge is -2.32. The van der Waals surface area contributed by atoms with Gasteiger partial charge in [0.25, 0.3) is 0 Å². The Hall–Kier alpha value is 0.114. The summed E-state index contributed by atoms with van der Waals surface area (Å²) in [7, 11) is -0.999. The predicted molar refractivity (Wildman–Crippen MR) is 116 cm³/mol. The van der Waals surface area contributed by atoms with Crippen molar-refractivity contribution in [2.24, 2.45) is 11.5 Å². The SMILES string of the molecule is CCO[Si](OCC)(OCC)C(N)CC.CO[Si](C)(CCCNCCN)OC. The lowest BCUT2D eigenvalue weighted by molar-refractivity contribution is 0.0618. The second-order valence-corrected chi connectivity index (χ2v) is 12.5. The topological polar surface area (TPSA) is 110 Å². The Morgan fingerprint density at radius 3 is 1.70 bits per heavy atom. The molecule has 0 saturated heterocycles. The number of nitrogens with one attached hydrogen (secondary N) is 1. The van der Waals surface area contributed by atoms with Crippen molar-refractivity contribution in [2.45, 2.75) is 58.8 Å². The van der Waals surface area contributed by atoms with Gasteiger partial charge in [-0.15, -0.1) is 0 Å². The lowest BCUT2D eigenvalue weighted by Crippen LogP contribution is -2.60. The van der Waals surface area contributed by atoms with Crippen LogP contribution in [0.15, 0.2) is 0 Å². The predicted octanol–water partition coefficient (Wildman–Crippen LogP) is 1.60. The number of rotatable bonds is 16. The molecule has 0 bridgehead atoms. The van der Waals surface area contributed by atoms with Crippen molar-refractivity contribution >= 4 is 17.4 Å². The highest BCUT2D eigenvalue weighted by atomic mass is 28.4. The molecular formula is C17H45N3O5Si2. The van der Waals surface area contributed by atoms with Gasteiger partial charge < -0.3 is 38.9 Å². The maximum Gasteiger partial charge on any atom is 0.518 e. The summed E-state index contributed by atoms with van der Waals surface area (Å²) in [5.41, 5.74) is 11.2. The van der Waals surface area contributed by atoms with Gasteiger partial charge in [-0.05, 0) is 52.7 Å². The van der Waals surface area contributed by atoms with E-state index in [4.69, 9.17) is 33.6 Å². The summed E-state index contributed by atoms with van der Waals surface area (Å²) in [5.74, 6) is 0. The van der Waals surface area contributed by atoms with Gasteiger partial charge >= 0.3 is 17.4 Å². The van der Waals surface area contributed by atoms with E-state index in [9.17, 15) is 0 Å². The highest BCUT2D eigenvalue weighted by Gasteiger charge is 2.46. The van der Waals surface area contributed by atoms with Crippen molar-refractivity contribution in [1.82, 2.24) is 5.32 Å². The van der Waals surface area contributed by atoms with Crippen LogP contribution in [0.1, 0.15) is 40.5 Å². The monoisotopic (exact) mass is 427 g/mol. The Kier molecular flexibility index (Phi) is 19.7. The van der Waals surface area contributed by atoms with E-state index in [0.29, 0.717) is 26.4 Å². The summed E-state index contributed by atoms with van der Waals surface area (Å²) in [6.07, 6.45) is 1.90. The Bertz CT molecular complexity index is 310. The molecule has 10 heteroatoms. The van der Waals surface area contributed by atoms with Crippen LogP contribution >= 0.6 is 0 Å². The molecule has 1 atom stereocenters. The van der Waals surface area contributed by atoms with E-state index in [2.05, 4.69) is 11.9 Å². The minimum Gasteiger partial charge on any atom is -0.398 e. The number of nitrogens with two attached hydrogens (primary N) is 2. The van der Waals surface area contributed by atoms with Gasteiger partial charge in [0.05, 0.1) is 5.67 Å². The molecule has 27 heavy (non-hydrogen) atoms. The van der Waals surface area contributed by atoms with Crippen molar-refractivity contribution in [3.63, 3.8) is 0 Å². The van der Waals surface area contributed by atoms with Crippen molar-refractivity contribution in [2.75, 3.05) is 53.7 Å². The third kappa shape index (κ3) is 13.0. The smallest absolute Gasteiger partial charge is 0.398 e. The van der Waals surface area contributed by atoms with Gasteiger partial charge in [-0.2, -0.15) is 0 Å². The van der Waals surface area contributed by atoms with E-state index in [1.165, 1.54) is 0 Å². The molecule has 0 rings (SSSR count). The van der Waals surface area contributed by atoms with E-state index >= 15 is 0 Å². The van der Waals surface area contributed by atoms with Crippen molar-refractivity contribution in [1.29, 1.82) is 0 Å². The first-order valence-corrected chi connectivity index (χ1v) is 14.4. The average molecular weight is 428 g/mol. The van der Waals surface area contributed by atoms with Crippen LogP contribution in [0.5, 0.6) is 0 Å². The number of hydrogen-bond donors (Lipinski definition) is 3. The van der Waals surface area contributed by atoms with Gasteiger partial charge in [-0.3, -0.25) is 0 Å². The second-order valence-electron chi connectivity index (χ2n) is 6.10. The molecule has 0 heterocycles. The Morgan fingerprint density at radius 1 is 0.889 bits per heavy atom. The zero-order valence-corrected chi connectivity index (χ0v) is 20.6. The molecule has 0 spiro atoms. The molecule has 5 N–H and O–H groups in total. The first kappa shape index (κ1) is 29.3. The first-order valence-electron chi connectivity index (χ1n) is 10.0. The third-order valence-corrected chi connectivity index (χ3v) is 10.5. The summed E-state index contributed by atoms with van der Waals surface area (Å²) in [6, 6.07) is 1.03.